The number of hydrogen-bond donors (Lipinski definition) is 1. The number of benzene rings is 1. The van der Waals surface area contributed by atoms with Crippen molar-refractivity contribution in [3.05, 3.63) is 26.6 Å². The molecule has 7 heteroatoms. The summed E-state index contributed by atoms with van der Waals surface area (Å²) in [7, 11) is -0.316. The summed E-state index contributed by atoms with van der Waals surface area (Å²) in [5.74, 6) is 0.579. The van der Waals surface area contributed by atoms with Gasteiger partial charge in [-0.15, -0.1) is 0 Å². The molecule has 0 radical (unpaired) electrons. The highest BCUT2D eigenvalue weighted by Crippen LogP contribution is 2.34. The van der Waals surface area contributed by atoms with Crippen LogP contribution in [0.5, 0.6) is 5.75 Å². The minimum Gasteiger partial charge on any atom is -0.494 e. The summed E-state index contributed by atoms with van der Waals surface area (Å²) in [4.78, 5) is 0. The van der Waals surface area contributed by atoms with Crippen LogP contribution in [0.25, 0.3) is 0 Å². The Morgan fingerprint density at radius 1 is 1.31 bits per heavy atom. The third kappa shape index (κ3) is 3.44. The number of halogens is 2. The van der Waals surface area contributed by atoms with Crippen LogP contribution in [0.2, 0.25) is 0 Å². The number of sulfonamides is 1. The Kier molecular flexibility index (Phi) is 4.78. The second-order valence-electron chi connectivity index (χ2n) is 3.06. The molecule has 0 bridgehead atoms. The van der Waals surface area contributed by atoms with Gasteiger partial charge in [-0.25, -0.2) is 13.1 Å². The Morgan fingerprint density at radius 3 is 2.19 bits per heavy atom. The highest BCUT2D eigenvalue weighted by Gasteiger charge is 2.13. The molecule has 0 aromatic heterocycles. The topological polar surface area (TPSA) is 55.4 Å². The van der Waals surface area contributed by atoms with Gasteiger partial charge in [0.25, 0.3) is 0 Å². The number of nitrogens with one attached hydrogen (secondary N) is 1. The first-order chi connectivity index (χ1) is 7.39. The molecular formula is C9H11Br2NO3S. The molecule has 0 spiro atoms. The van der Waals surface area contributed by atoms with Crippen molar-refractivity contribution in [2.24, 2.45) is 0 Å². The van der Waals surface area contributed by atoms with Gasteiger partial charge in [-0.1, -0.05) is 0 Å². The number of ether oxygens (including phenoxy) is 1. The maximum Gasteiger partial charge on any atom is 0.215 e. The van der Waals surface area contributed by atoms with E-state index in [0.717, 1.165) is 0 Å². The van der Waals surface area contributed by atoms with Gasteiger partial charge in [-0.2, -0.15) is 0 Å². The van der Waals surface area contributed by atoms with Crippen molar-refractivity contribution in [3.63, 3.8) is 0 Å². The van der Waals surface area contributed by atoms with E-state index in [1.54, 1.807) is 19.2 Å². The zero-order valence-corrected chi connectivity index (χ0v) is 12.7. The number of hydrogen-bond acceptors (Lipinski definition) is 3. The summed E-state index contributed by atoms with van der Waals surface area (Å²) >= 11 is 6.63. The molecule has 0 aliphatic heterocycles. The summed E-state index contributed by atoms with van der Waals surface area (Å²) in [6.45, 7) is 0. The van der Waals surface area contributed by atoms with Gasteiger partial charge >= 0.3 is 0 Å². The SMILES string of the molecule is CNS(=O)(=O)Cc1cc(Br)c(OC)c(Br)c1. The summed E-state index contributed by atoms with van der Waals surface area (Å²) < 4.78 is 31.6. The van der Waals surface area contributed by atoms with Crippen molar-refractivity contribution in [3.8, 4) is 5.75 Å². The lowest BCUT2D eigenvalue weighted by molar-refractivity contribution is 0.409. The standard InChI is InChI=1S/C9H11Br2NO3S/c1-12-16(13,14)5-6-3-7(10)9(15-2)8(11)4-6/h3-4,12H,5H2,1-2H3. The van der Waals surface area contributed by atoms with E-state index >= 15 is 0 Å². The normalized spacial score (nSPS) is 11.5. The van der Waals surface area contributed by atoms with Gasteiger partial charge in [0, 0.05) is 0 Å². The largest absolute Gasteiger partial charge is 0.494 e. The van der Waals surface area contributed by atoms with Gasteiger partial charge < -0.3 is 4.74 Å². The molecule has 90 valence electrons. The Labute approximate surface area is 112 Å². The predicted octanol–water partition coefficient (Wildman–Crippen LogP) is 2.27. The molecule has 1 aromatic rings. The van der Waals surface area contributed by atoms with Crippen LogP contribution in [0.15, 0.2) is 21.1 Å². The van der Waals surface area contributed by atoms with Crippen LogP contribution in [0, 0.1) is 0 Å². The lowest BCUT2D eigenvalue weighted by Gasteiger charge is -2.09. The van der Waals surface area contributed by atoms with Crippen LogP contribution in [0.1, 0.15) is 5.56 Å². The van der Waals surface area contributed by atoms with E-state index in [9.17, 15) is 8.42 Å². The lowest BCUT2D eigenvalue weighted by atomic mass is 10.2. The fourth-order valence-corrected chi connectivity index (χ4v) is 3.54. The summed E-state index contributed by atoms with van der Waals surface area (Å²) in [5, 5.41) is 0. The minimum absolute atomic E-state index is 0.0648. The maximum absolute atomic E-state index is 11.4. The third-order valence-electron chi connectivity index (χ3n) is 1.93. The average molecular weight is 373 g/mol. The van der Waals surface area contributed by atoms with Crippen molar-refractivity contribution in [1.82, 2.24) is 4.72 Å². The van der Waals surface area contributed by atoms with Gasteiger partial charge in [0.2, 0.25) is 10.0 Å². The van der Waals surface area contributed by atoms with Crippen molar-refractivity contribution in [2.45, 2.75) is 5.75 Å². The van der Waals surface area contributed by atoms with Gasteiger partial charge in [0.1, 0.15) is 5.75 Å². The van der Waals surface area contributed by atoms with Gasteiger partial charge in [-0.05, 0) is 56.6 Å². The van der Waals surface area contributed by atoms with Crippen LogP contribution in [-0.2, 0) is 15.8 Å². The van der Waals surface area contributed by atoms with Crippen LogP contribution >= 0.6 is 31.9 Å². The fourth-order valence-electron chi connectivity index (χ4n) is 1.18. The van der Waals surface area contributed by atoms with Crippen molar-refractivity contribution in [2.75, 3.05) is 14.2 Å². The highest BCUT2D eigenvalue weighted by atomic mass is 79.9. The highest BCUT2D eigenvalue weighted by molar-refractivity contribution is 9.11. The quantitative estimate of drug-likeness (QED) is 0.881. The van der Waals surface area contributed by atoms with E-state index < -0.39 is 10.0 Å². The summed E-state index contributed by atoms with van der Waals surface area (Å²) in [6.07, 6.45) is 0. The van der Waals surface area contributed by atoms with Crippen molar-refractivity contribution >= 4 is 41.9 Å². The van der Waals surface area contributed by atoms with E-state index in [-0.39, 0.29) is 5.75 Å². The number of rotatable bonds is 4. The zero-order valence-electron chi connectivity index (χ0n) is 8.75. The molecule has 0 amide bonds. The molecule has 0 fully saturated rings. The molecule has 0 aliphatic rings. The first-order valence-corrected chi connectivity index (χ1v) is 7.56. The van der Waals surface area contributed by atoms with Crippen LogP contribution in [0.3, 0.4) is 0 Å². The van der Waals surface area contributed by atoms with Gasteiger partial charge in [0.05, 0.1) is 21.8 Å². The smallest absolute Gasteiger partial charge is 0.215 e. The van der Waals surface area contributed by atoms with Crippen LogP contribution in [-0.4, -0.2) is 22.6 Å². The second kappa shape index (κ2) is 5.48. The monoisotopic (exact) mass is 371 g/mol. The summed E-state index contributed by atoms with van der Waals surface area (Å²) in [6, 6.07) is 3.44. The molecule has 0 unspecified atom stereocenters. The number of methoxy groups -OCH3 is 1. The van der Waals surface area contributed by atoms with Gasteiger partial charge in [0.15, 0.2) is 0 Å². The fraction of sp³-hybridized carbons (Fsp3) is 0.333. The summed E-state index contributed by atoms with van der Waals surface area (Å²) in [5.41, 5.74) is 0.675. The molecule has 1 N–H and O–H groups in total. The molecule has 1 aromatic carbocycles. The lowest BCUT2D eigenvalue weighted by Crippen LogP contribution is -2.20. The third-order valence-corrected chi connectivity index (χ3v) is 4.44. The Balaban J connectivity index is 3.10. The molecule has 4 nitrogen and oxygen atoms in total. The second-order valence-corrected chi connectivity index (χ2v) is 6.69. The molecule has 0 heterocycles. The van der Waals surface area contributed by atoms with E-state index in [0.29, 0.717) is 20.3 Å². The predicted molar refractivity (Wildman–Crippen MR) is 70.1 cm³/mol. The Morgan fingerprint density at radius 2 is 1.81 bits per heavy atom. The maximum atomic E-state index is 11.4. The molecular weight excluding hydrogens is 362 g/mol. The zero-order chi connectivity index (χ0) is 12.3. The first kappa shape index (κ1) is 14.0. The van der Waals surface area contributed by atoms with Crippen molar-refractivity contribution in [1.29, 1.82) is 0 Å². The Hall–Kier alpha value is -0.110. The van der Waals surface area contributed by atoms with Gasteiger partial charge in [-0.3, -0.25) is 0 Å². The minimum atomic E-state index is -3.26. The molecule has 1 rings (SSSR count). The van der Waals surface area contributed by atoms with E-state index in [4.69, 9.17) is 4.74 Å². The molecule has 0 saturated heterocycles. The van der Waals surface area contributed by atoms with Crippen LogP contribution < -0.4 is 9.46 Å². The molecule has 0 saturated carbocycles. The molecule has 0 atom stereocenters. The van der Waals surface area contributed by atoms with Crippen molar-refractivity contribution < 1.29 is 13.2 Å². The van der Waals surface area contributed by atoms with E-state index in [2.05, 4.69) is 36.6 Å². The molecule has 16 heavy (non-hydrogen) atoms. The Bertz CT molecular complexity index is 465. The van der Waals surface area contributed by atoms with Crippen LogP contribution in [0.4, 0.5) is 0 Å². The molecule has 0 aliphatic carbocycles. The average Bonchev–Trinajstić information content (AvgIpc) is 2.16. The first-order valence-electron chi connectivity index (χ1n) is 4.32. The van der Waals surface area contributed by atoms with E-state index in [1.165, 1.54) is 7.05 Å². The van der Waals surface area contributed by atoms with E-state index in [1.807, 2.05) is 0 Å².